The predicted octanol–water partition coefficient (Wildman–Crippen LogP) is 5.22. The summed E-state index contributed by atoms with van der Waals surface area (Å²) in [4.78, 5) is 4.22. The maximum Gasteiger partial charge on any atom is 0.0834 e. The SMILES string of the molecule is Cn1cnc(-c2[c-]cccc2)c1.[Ir].[c-]1ccc(-c2ccccc2)cc1-n1cccn1. The Kier molecular flexibility index (Phi) is 7.50. The maximum atomic E-state index is 4.22. The minimum atomic E-state index is 0. The van der Waals surface area contributed by atoms with Crippen LogP contribution in [-0.2, 0) is 27.2 Å². The van der Waals surface area contributed by atoms with Crippen LogP contribution in [0.5, 0.6) is 0 Å². The predicted molar refractivity (Wildman–Crippen MR) is 115 cm³/mol. The van der Waals surface area contributed by atoms with Crippen LogP contribution in [0.2, 0.25) is 0 Å². The molecule has 0 N–H and O–H groups in total. The van der Waals surface area contributed by atoms with Crippen LogP contribution in [0.25, 0.3) is 28.1 Å². The summed E-state index contributed by atoms with van der Waals surface area (Å²) in [5, 5.41) is 4.21. The van der Waals surface area contributed by atoms with Crippen LogP contribution < -0.4 is 0 Å². The van der Waals surface area contributed by atoms with E-state index in [-0.39, 0.29) is 20.1 Å². The van der Waals surface area contributed by atoms with Crippen molar-refractivity contribution >= 4 is 0 Å². The van der Waals surface area contributed by atoms with Gasteiger partial charge >= 0.3 is 0 Å². The van der Waals surface area contributed by atoms with Crippen LogP contribution in [0.3, 0.4) is 0 Å². The molecular formula is C25H20IrN4-2. The summed E-state index contributed by atoms with van der Waals surface area (Å²) in [6.45, 7) is 0. The Bertz CT molecular complexity index is 1150. The van der Waals surface area contributed by atoms with Crippen molar-refractivity contribution in [3.63, 3.8) is 0 Å². The van der Waals surface area contributed by atoms with Crippen LogP contribution in [0.15, 0.2) is 104 Å². The van der Waals surface area contributed by atoms with Gasteiger partial charge in [0.05, 0.1) is 6.33 Å². The molecule has 2 aromatic heterocycles. The van der Waals surface area contributed by atoms with Crippen LogP contribution >= 0.6 is 0 Å². The van der Waals surface area contributed by atoms with Crippen molar-refractivity contribution in [3.8, 4) is 28.1 Å². The third-order valence-corrected chi connectivity index (χ3v) is 4.33. The average molecular weight is 569 g/mol. The number of nitrogens with zero attached hydrogens (tertiary/aromatic N) is 4. The number of benzene rings is 3. The molecule has 0 fully saturated rings. The first kappa shape index (κ1) is 21.4. The molecule has 30 heavy (non-hydrogen) atoms. The zero-order valence-electron chi connectivity index (χ0n) is 16.4. The van der Waals surface area contributed by atoms with Gasteiger partial charge in [-0.2, -0.15) is 23.3 Å². The van der Waals surface area contributed by atoms with Crippen LogP contribution in [-0.4, -0.2) is 19.3 Å². The quantitative estimate of drug-likeness (QED) is 0.280. The normalized spacial score (nSPS) is 9.90. The first-order chi connectivity index (χ1) is 14.3. The van der Waals surface area contributed by atoms with E-state index in [1.165, 1.54) is 11.1 Å². The van der Waals surface area contributed by atoms with Crippen molar-refractivity contribution < 1.29 is 20.1 Å². The Balaban J connectivity index is 0.000000175. The van der Waals surface area contributed by atoms with Crippen LogP contribution in [0, 0.1) is 12.1 Å². The van der Waals surface area contributed by atoms with E-state index in [1.54, 1.807) is 12.5 Å². The molecule has 3 aromatic carbocycles. The van der Waals surface area contributed by atoms with E-state index in [4.69, 9.17) is 0 Å². The minimum Gasteiger partial charge on any atom is -0.350 e. The van der Waals surface area contributed by atoms with Gasteiger partial charge in [-0.25, -0.2) is 0 Å². The fourth-order valence-electron chi connectivity index (χ4n) is 2.91. The summed E-state index contributed by atoms with van der Waals surface area (Å²) in [6.07, 6.45) is 7.45. The smallest absolute Gasteiger partial charge is 0.0834 e. The van der Waals surface area contributed by atoms with Gasteiger partial charge in [0.1, 0.15) is 0 Å². The van der Waals surface area contributed by atoms with Gasteiger partial charge in [-0.3, -0.25) is 9.67 Å². The summed E-state index contributed by atoms with van der Waals surface area (Å²) in [6, 6.07) is 32.4. The second-order valence-corrected chi connectivity index (χ2v) is 6.48. The van der Waals surface area contributed by atoms with Crippen molar-refractivity contribution in [1.29, 1.82) is 0 Å². The summed E-state index contributed by atoms with van der Waals surface area (Å²) in [5.74, 6) is 0. The molecule has 0 aliphatic heterocycles. The Hall–Kier alpha value is -3.27. The van der Waals surface area contributed by atoms with E-state index >= 15 is 0 Å². The molecule has 0 saturated carbocycles. The standard InChI is InChI=1S/C15H11N2.C10H9N2.Ir/c1-2-6-13(7-3-1)14-8-4-9-15(12-14)17-11-5-10-16-17;1-12-7-10(11-8-12)9-5-3-2-4-6-9;/h1-8,10-12H;2-5,7-8H,1H3;/q2*-1;. The first-order valence-electron chi connectivity index (χ1n) is 9.32. The maximum absolute atomic E-state index is 4.22. The molecule has 0 bridgehead atoms. The summed E-state index contributed by atoms with van der Waals surface area (Å²) in [5.41, 5.74) is 5.34. The number of hydrogen-bond acceptors (Lipinski definition) is 2. The summed E-state index contributed by atoms with van der Waals surface area (Å²) < 4.78 is 3.74. The fourth-order valence-corrected chi connectivity index (χ4v) is 2.91. The van der Waals surface area contributed by atoms with Crippen molar-refractivity contribution in [2.24, 2.45) is 7.05 Å². The molecule has 5 rings (SSSR count). The van der Waals surface area contributed by atoms with Crippen LogP contribution in [0.4, 0.5) is 0 Å². The van der Waals surface area contributed by atoms with Gasteiger partial charge in [0.15, 0.2) is 0 Å². The fraction of sp³-hybridized carbons (Fsp3) is 0.0400. The van der Waals surface area contributed by atoms with E-state index in [9.17, 15) is 0 Å². The third kappa shape index (κ3) is 5.41. The molecule has 4 nitrogen and oxygen atoms in total. The second-order valence-electron chi connectivity index (χ2n) is 6.48. The molecule has 1 radical (unpaired) electrons. The number of imidazole rings is 1. The number of aryl methyl sites for hydroxylation is 1. The Morgan fingerprint density at radius 1 is 0.833 bits per heavy atom. The van der Waals surface area contributed by atoms with Gasteiger partial charge in [0.2, 0.25) is 0 Å². The Morgan fingerprint density at radius 3 is 2.33 bits per heavy atom. The summed E-state index contributed by atoms with van der Waals surface area (Å²) >= 11 is 0. The second kappa shape index (κ2) is 10.5. The van der Waals surface area contributed by atoms with Crippen LogP contribution in [0.1, 0.15) is 0 Å². The molecule has 0 aliphatic carbocycles. The molecule has 5 heteroatoms. The molecule has 0 atom stereocenters. The van der Waals surface area contributed by atoms with Gasteiger partial charge in [-0.15, -0.1) is 47.5 Å². The van der Waals surface area contributed by atoms with E-state index in [0.717, 1.165) is 16.9 Å². The zero-order valence-corrected chi connectivity index (χ0v) is 18.8. The van der Waals surface area contributed by atoms with Gasteiger partial charge in [0.25, 0.3) is 0 Å². The molecule has 0 unspecified atom stereocenters. The molecule has 0 saturated heterocycles. The molecule has 151 valence electrons. The summed E-state index contributed by atoms with van der Waals surface area (Å²) in [7, 11) is 1.96. The van der Waals surface area contributed by atoms with Gasteiger partial charge in [-0.1, -0.05) is 30.3 Å². The molecule has 2 heterocycles. The van der Waals surface area contributed by atoms with E-state index in [1.807, 2.05) is 83.3 Å². The van der Waals surface area contributed by atoms with Crippen molar-refractivity contribution in [2.45, 2.75) is 0 Å². The van der Waals surface area contributed by atoms with E-state index in [0.29, 0.717) is 0 Å². The molecule has 5 aromatic rings. The largest absolute Gasteiger partial charge is 0.350 e. The average Bonchev–Trinajstić information content (AvgIpc) is 3.48. The van der Waals surface area contributed by atoms with Gasteiger partial charge < -0.3 is 4.57 Å². The minimum absolute atomic E-state index is 0. The third-order valence-electron chi connectivity index (χ3n) is 4.33. The van der Waals surface area contributed by atoms with Crippen molar-refractivity contribution in [1.82, 2.24) is 19.3 Å². The van der Waals surface area contributed by atoms with Crippen molar-refractivity contribution in [3.05, 3.63) is 116 Å². The van der Waals surface area contributed by atoms with Gasteiger partial charge in [-0.05, 0) is 23.5 Å². The monoisotopic (exact) mass is 569 g/mol. The van der Waals surface area contributed by atoms with Gasteiger partial charge in [0, 0.05) is 45.2 Å². The molecular weight excluding hydrogens is 549 g/mol. The Labute approximate surface area is 190 Å². The number of hydrogen-bond donors (Lipinski definition) is 0. The number of rotatable bonds is 3. The topological polar surface area (TPSA) is 35.6 Å². The first-order valence-corrected chi connectivity index (χ1v) is 9.32. The molecule has 0 aliphatic rings. The molecule has 0 amide bonds. The Morgan fingerprint density at radius 2 is 1.67 bits per heavy atom. The molecule has 0 spiro atoms. The van der Waals surface area contributed by atoms with E-state index < -0.39 is 0 Å². The van der Waals surface area contributed by atoms with E-state index in [2.05, 4.69) is 46.5 Å². The zero-order chi connectivity index (χ0) is 19.9. The number of aromatic nitrogens is 4. The van der Waals surface area contributed by atoms with Crippen molar-refractivity contribution in [2.75, 3.05) is 0 Å².